The summed E-state index contributed by atoms with van der Waals surface area (Å²) in [5.74, 6) is 0.805. The van der Waals surface area contributed by atoms with Gasteiger partial charge in [0.05, 0.1) is 19.3 Å². The quantitative estimate of drug-likeness (QED) is 0.647. The van der Waals surface area contributed by atoms with Crippen molar-refractivity contribution in [1.82, 2.24) is 5.32 Å². The number of ether oxygens (including phenoxy) is 2. The monoisotopic (exact) mass is 281 g/mol. The van der Waals surface area contributed by atoms with E-state index >= 15 is 0 Å². The molecule has 114 valence electrons. The molecule has 0 radical (unpaired) electrons. The van der Waals surface area contributed by atoms with Crippen LogP contribution in [-0.4, -0.2) is 38.0 Å². The van der Waals surface area contributed by atoms with E-state index in [-0.39, 0.29) is 0 Å². The molecule has 0 saturated heterocycles. The van der Waals surface area contributed by atoms with Crippen molar-refractivity contribution in [1.29, 1.82) is 0 Å². The maximum absolute atomic E-state index is 10.0. The van der Waals surface area contributed by atoms with Crippen molar-refractivity contribution in [2.45, 2.75) is 38.9 Å². The van der Waals surface area contributed by atoms with Crippen LogP contribution < -0.4 is 10.1 Å². The van der Waals surface area contributed by atoms with E-state index in [2.05, 4.69) is 5.32 Å². The van der Waals surface area contributed by atoms with Crippen LogP contribution in [0, 0.1) is 0 Å². The van der Waals surface area contributed by atoms with Crippen LogP contribution in [0.3, 0.4) is 0 Å². The summed E-state index contributed by atoms with van der Waals surface area (Å²) in [4.78, 5) is 0. The highest BCUT2D eigenvalue weighted by atomic mass is 16.5. The molecule has 0 bridgehead atoms. The van der Waals surface area contributed by atoms with Gasteiger partial charge in [-0.2, -0.15) is 0 Å². The van der Waals surface area contributed by atoms with Crippen LogP contribution in [0.4, 0.5) is 0 Å². The zero-order valence-electron chi connectivity index (χ0n) is 12.8. The van der Waals surface area contributed by atoms with Crippen molar-refractivity contribution in [3.8, 4) is 5.75 Å². The molecule has 1 rings (SSSR count). The van der Waals surface area contributed by atoms with Crippen molar-refractivity contribution in [2.24, 2.45) is 0 Å². The molecule has 20 heavy (non-hydrogen) atoms. The van der Waals surface area contributed by atoms with Crippen molar-refractivity contribution in [3.05, 3.63) is 29.8 Å². The molecule has 0 saturated carbocycles. The van der Waals surface area contributed by atoms with Crippen LogP contribution in [0.25, 0.3) is 0 Å². The van der Waals surface area contributed by atoms with Gasteiger partial charge in [0.25, 0.3) is 0 Å². The Labute approximate surface area is 122 Å². The standard InChI is InChI=1S/C16H27NO3/c1-13(2)20-11-5-4-10-17-12-16(18)14-6-8-15(19-3)9-7-14/h6-9,13,16-18H,4-5,10-12H2,1-3H3. The summed E-state index contributed by atoms with van der Waals surface area (Å²) in [6.07, 6.45) is 1.93. The third kappa shape index (κ3) is 6.89. The van der Waals surface area contributed by atoms with E-state index < -0.39 is 6.10 Å². The minimum atomic E-state index is -0.479. The number of benzene rings is 1. The van der Waals surface area contributed by atoms with Crippen molar-refractivity contribution < 1.29 is 14.6 Å². The molecule has 1 aromatic rings. The van der Waals surface area contributed by atoms with Gasteiger partial charge in [-0.05, 0) is 50.9 Å². The smallest absolute Gasteiger partial charge is 0.118 e. The van der Waals surface area contributed by atoms with Gasteiger partial charge in [0, 0.05) is 13.2 Å². The van der Waals surface area contributed by atoms with E-state index in [0.717, 1.165) is 37.3 Å². The summed E-state index contributed by atoms with van der Waals surface area (Å²) in [6, 6.07) is 7.51. The Morgan fingerprint density at radius 1 is 1.15 bits per heavy atom. The zero-order valence-corrected chi connectivity index (χ0v) is 12.8. The van der Waals surface area contributed by atoms with Gasteiger partial charge in [-0.25, -0.2) is 0 Å². The predicted octanol–water partition coefficient (Wildman–Crippen LogP) is 2.52. The van der Waals surface area contributed by atoms with Gasteiger partial charge >= 0.3 is 0 Å². The molecular formula is C16H27NO3. The number of unbranched alkanes of at least 4 members (excludes halogenated alkanes) is 1. The lowest BCUT2D eigenvalue weighted by atomic mass is 10.1. The fraction of sp³-hybridized carbons (Fsp3) is 0.625. The summed E-state index contributed by atoms with van der Waals surface area (Å²) in [5, 5.41) is 13.3. The normalized spacial score (nSPS) is 12.7. The third-order valence-corrected chi connectivity index (χ3v) is 3.04. The van der Waals surface area contributed by atoms with Crippen LogP contribution >= 0.6 is 0 Å². The van der Waals surface area contributed by atoms with E-state index in [1.54, 1.807) is 7.11 Å². The van der Waals surface area contributed by atoms with Crippen LogP contribution in [0.15, 0.2) is 24.3 Å². The number of nitrogens with one attached hydrogen (secondary N) is 1. The minimum absolute atomic E-state index is 0.305. The Hall–Kier alpha value is -1.10. The Kier molecular flexibility index (Phi) is 8.26. The maximum Gasteiger partial charge on any atom is 0.118 e. The molecule has 1 atom stereocenters. The molecule has 0 aromatic heterocycles. The second kappa shape index (κ2) is 9.75. The number of aliphatic hydroxyl groups is 1. The van der Waals surface area contributed by atoms with Crippen molar-refractivity contribution in [3.63, 3.8) is 0 Å². The lowest BCUT2D eigenvalue weighted by Gasteiger charge is -2.13. The summed E-state index contributed by atoms with van der Waals surface area (Å²) in [5.41, 5.74) is 0.904. The topological polar surface area (TPSA) is 50.7 Å². The fourth-order valence-electron chi connectivity index (χ4n) is 1.85. The van der Waals surface area contributed by atoms with E-state index in [4.69, 9.17) is 9.47 Å². The molecule has 1 unspecified atom stereocenters. The Balaban J connectivity index is 2.11. The summed E-state index contributed by atoms with van der Waals surface area (Å²) in [6.45, 7) is 6.36. The lowest BCUT2D eigenvalue weighted by molar-refractivity contribution is 0.0759. The average Bonchev–Trinajstić information content (AvgIpc) is 2.45. The molecule has 0 amide bonds. The summed E-state index contributed by atoms with van der Waals surface area (Å²) < 4.78 is 10.6. The van der Waals surface area contributed by atoms with Crippen LogP contribution in [0.5, 0.6) is 5.75 Å². The molecule has 4 heteroatoms. The maximum atomic E-state index is 10.0. The summed E-state index contributed by atoms with van der Waals surface area (Å²) >= 11 is 0. The first-order valence-electron chi connectivity index (χ1n) is 7.28. The molecular weight excluding hydrogens is 254 g/mol. The largest absolute Gasteiger partial charge is 0.497 e. The number of aliphatic hydroxyl groups excluding tert-OH is 1. The lowest BCUT2D eigenvalue weighted by Crippen LogP contribution is -2.22. The van der Waals surface area contributed by atoms with Crippen molar-refractivity contribution in [2.75, 3.05) is 26.8 Å². The van der Waals surface area contributed by atoms with Gasteiger partial charge in [-0.1, -0.05) is 12.1 Å². The highest BCUT2D eigenvalue weighted by Gasteiger charge is 2.06. The predicted molar refractivity (Wildman–Crippen MR) is 81.1 cm³/mol. The number of hydrogen-bond acceptors (Lipinski definition) is 4. The van der Waals surface area contributed by atoms with Crippen LogP contribution in [0.2, 0.25) is 0 Å². The van der Waals surface area contributed by atoms with Crippen LogP contribution in [0.1, 0.15) is 38.4 Å². The summed E-state index contributed by atoms with van der Waals surface area (Å²) in [7, 11) is 1.63. The van der Waals surface area contributed by atoms with E-state index in [9.17, 15) is 5.11 Å². The third-order valence-electron chi connectivity index (χ3n) is 3.04. The molecule has 1 aromatic carbocycles. The van der Waals surface area contributed by atoms with E-state index in [1.807, 2.05) is 38.1 Å². The van der Waals surface area contributed by atoms with Crippen molar-refractivity contribution >= 4 is 0 Å². The zero-order chi connectivity index (χ0) is 14.8. The van der Waals surface area contributed by atoms with Gasteiger partial charge in [-0.3, -0.25) is 0 Å². The van der Waals surface area contributed by atoms with Gasteiger partial charge in [0.1, 0.15) is 5.75 Å². The highest BCUT2D eigenvalue weighted by molar-refractivity contribution is 5.28. The Morgan fingerprint density at radius 3 is 2.45 bits per heavy atom. The van der Waals surface area contributed by atoms with Gasteiger partial charge < -0.3 is 19.9 Å². The average molecular weight is 281 g/mol. The van der Waals surface area contributed by atoms with Gasteiger partial charge in [0.2, 0.25) is 0 Å². The molecule has 0 aliphatic heterocycles. The number of rotatable bonds is 10. The van der Waals surface area contributed by atoms with Gasteiger partial charge in [-0.15, -0.1) is 0 Å². The second-order valence-corrected chi connectivity index (χ2v) is 5.12. The number of hydrogen-bond donors (Lipinski definition) is 2. The van der Waals surface area contributed by atoms with E-state index in [0.29, 0.717) is 12.6 Å². The van der Waals surface area contributed by atoms with E-state index in [1.165, 1.54) is 0 Å². The first kappa shape index (κ1) is 17.0. The first-order valence-corrected chi connectivity index (χ1v) is 7.28. The van der Waals surface area contributed by atoms with Crippen LogP contribution in [-0.2, 0) is 4.74 Å². The molecule has 0 aliphatic carbocycles. The fourth-order valence-corrected chi connectivity index (χ4v) is 1.85. The highest BCUT2D eigenvalue weighted by Crippen LogP contribution is 2.16. The molecule has 0 aliphatic rings. The minimum Gasteiger partial charge on any atom is -0.497 e. The molecule has 2 N–H and O–H groups in total. The first-order chi connectivity index (χ1) is 9.63. The Morgan fingerprint density at radius 2 is 1.85 bits per heavy atom. The number of methoxy groups -OCH3 is 1. The second-order valence-electron chi connectivity index (χ2n) is 5.12. The molecule has 0 fully saturated rings. The Bertz CT molecular complexity index is 351. The SMILES string of the molecule is COc1ccc(C(O)CNCCCCOC(C)C)cc1. The molecule has 4 nitrogen and oxygen atoms in total. The molecule has 0 spiro atoms. The van der Waals surface area contributed by atoms with Gasteiger partial charge in [0.15, 0.2) is 0 Å². The molecule has 0 heterocycles.